The van der Waals surface area contributed by atoms with Crippen molar-refractivity contribution in [3.8, 4) is 0 Å². The van der Waals surface area contributed by atoms with Crippen molar-refractivity contribution in [3.63, 3.8) is 0 Å². The zero-order valence-corrected chi connectivity index (χ0v) is 11.2. The normalized spacial score (nSPS) is 13.4. The monoisotopic (exact) mass is 227 g/mol. The molecule has 0 saturated carbocycles. The van der Waals surface area contributed by atoms with Crippen LogP contribution in [-0.2, 0) is 4.79 Å². The van der Waals surface area contributed by atoms with E-state index in [0.717, 1.165) is 12.1 Å². The molecule has 3 nitrogen and oxygen atoms in total. The number of aliphatic hydroxyl groups excluding tert-OH is 1. The average Bonchev–Trinajstić information content (AvgIpc) is 2.09. The predicted octanol–water partition coefficient (Wildman–Crippen LogP) is 2.56. The SMILES string of the molecule is C=C(CC)N(CC(C)O)C(=O)CC(C)(C)C. The fraction of sp³-hybridized carbons (Fsp3) is 0.769. The molecular weight excluding hydrogens is 202 g/mol. The molecule has 0 fully saturated rings. The minimum absolute atomic E-state index is 0.0396. The van der Waals surface area contributed by atoms with Gasteiger partial charge in [-0.15, -0.1) is 0 Å². The molecule has 16 heavy (non-hydrogen) atoms. The molecule has 94 valence electrons. The maximum Gasteiger partial charge on any atom is 0.227 e. The van der Waals surface area contributed by atoms with Crippen molar-refractivity contribution < 1.29 is 9.90 Å². The van der Waals surface area contributed by atoms with Crippen LogP contribution in [-0.4, -0.2) is 28.6 Å². The fourth-order valence-corrected chi connectivity index (χ4v) is 1.41. The van der Waals surface area contributed by atoms with Crippen molar-refractivity contribution in [3.05, 3.63) is 12.3 Å². The van der Waals surface area contributed by atoms with Crippen LogP contribution in [0.1, 0.15) is 47.5 Å². The van der Waals surface area contributed by atoms with E-state index < -0.39 is 6.10 Å². The van der Waals surface area contributed by atoms with Crippen LogP contribution in [0.2, 0.25) is 0 Å². The molecular formula is C13H25NO2. The van der Waals surface area contributed by atoms with E-state index in [0.29, 0.717) is 13.0 Å². The number of carbonyl (C=O) groups excluding carboxylic acids is 1. The number of allylic oxidation sites excluding steroid dienone is 1. The Bertz CT molecular complexity index is 251. The highest BCUT2D eigenvalue weighted by Gasteiger charge is 2.23. The van der Waals surface area contributed by atoms with E-state index >= 15 is 0 Å². The lowest BCUT2D eigenvalue weighted by molar-refractivity contribution is -0.132. The minimum Gasteiger partial charge on any atom is -0.392 e. The maximum atomic E-state index is 12.0. The molecule has 3 heteroatoms. The second kappa shape index (κ2) is 6.04. The molecule has 0 aromatic carbocycles. The first-order chi connectivity index (χ1) is 7.17. The summed E-state index contributed by atoms with van der Waals surface area (Å²) in [6.45, 7) is 13.9. The van der Waals surface area contributed by atoms with Crippen molar-refractivity contribution in [2.45, 2.75) is 53.6 Å². The molecule has 0 rings (SSSR count). The van der Waals surface area contributed by atoms with Crippen molar-refractivity contribution in [1.82, 2.24) is 4.90 Å². The van der Waals surface area contributed by atoms with Crippen LogP contribution in [0.15, 0.2) is 12.3 Å². The molecule has 0 spiro atoms. The first-order valence-corrected chi connectivity index (χ1v) is 5.83. The van der Waals surface area contributed by atoms with Crippen LogP contribution in [0, 0.1) is 5.41 Å². The number of hydrogen-bond acceptors (Lipinski definition) is 2. The first-order valence-electron chi connectivity index (χ1n) is 5.83. The molecule has 0 aliphatic heterocycles. The lowest BCUT2D eigenvalue weighted by Crippen LogP contribution is -2.37. The summed E-state index contributed by atoms with van der Waals surface area (Å²) in [5.74, 6) is 0.0419. The molecule has 1 unspecified atom stereocenters. The molecule has 0 aliphatic rings. The van der Waals surface area contributed by atoms with E-state index in [1.54, 1.807) is 11.8 Å². The summed E-state index contributed by atoms with van der Waals surface area (Å²) in [7, 11) is 0. The van der Waals surface area contributed by atoms with Gasteiger partial charge in [-0.1, -0.05) is 34.3 Å². The van der Waals surface area contributed by atoms with Crippen molar-refractivity contribution >= 4 is 5.91 Å². The van der Waals surface area contributed by atoms with Crippen LogP contribution < -0.4 is 0 Å². The smallest absolute Gasteiger partial charge is 0.227 e. The Labute approximate surface area is 99.1 Å². The Kier molecular flexibility index (Phi) is 5.73. The lowest BCUT2D eigenvalue weighted by Gasteiger charge is -2.28. The average molecular weight is 227 g/mol. The van der Waals surface area contributed by atoms with Crippen LogP contribution >= 0.6 is 0 Å². The van der Waals surface area contributed by atoms with Crippen LogP contribution in [0.25, 0.3) is 0 Å². The minimum atomic E-state index is -0.521. The summed E-state index contributed by atoms with van der Waals surface area (Å²) < 4.78 is 0. The highest BCUT2D eigenvalue weighted by atomic mass is 16.3. The molecule has 0 heterocycles. The number of aliphatic hydroxyl groups is 1. The Balaban J connectivity index is 4.63. The second-order valence-corrected chi connectivity index (χ2v) is 5.51. The molecule has 1 atom stereocenters. The third-order valence-corrected chi connectivity index (χ3v) is 2.22. The van der Waals surface area contributed by atoms with E-state index in [-0.39, 0.29) is 11.3 Å². The van der Waals surface area contributed by atoms with Gasteiger partial charge in [-0.05, 0) is 18.8 Å². The van der Waals surface area contributed by atoms with Gasteiger partial charge in [-0.25, -0.2) is 0 Å². The Morgan fingerprint density at radius 2 is 1.94 bits per heavy atom. The highest BCUT2D eigenvalue weighted by Crippen LogP contribution is 2.21. The van der Waals surface area contributed by atoms with Gasteiger partial charge in [-0.3, -0.25) is 4.79 Å². The number of hydrogen-bond donors (Lipinski definition) is 1. The molecule has 0 aromatic rings. The highest BCUT2D eigenvalue weighted by molar-refractivity contribution is 5.78. The van der Waals surface area contributed by atoms with Gasteiger partial charge in [0, 0.05) is 12.1 Å². The van der Waals surface area contributed by atoms with Gasteiger partial charge in [0.05, 0.1) is 12.6 Å². The molecule has 0 radical (unpaired) electrons. The summed E-state index contributed by atoms with van der Waals surface area (Å²) in [4.78, 5) is 13.7. The number of nitrogens with zero attached hydrogens (tertiary/aromatic N) is 1. The van der Waals surface area contributed by atoms with E-state index in [1.165, 1.54) is 0 Å². The summed E-state index contributed by atoms with van der Waals surface area (Å²) >= 11 is 0. The summed E-state index contributed by atoms with van der Waals surface area (Å²) in [6.07, 6.45) is 0.675. The molecule has 1 N–H and O–H groups in total. The third kappa shape index (κ3) is 5.91. The topological polar surface area (TPSA) is 40.5 Å². The quantitative estimate of drug-likeness (QED) is 0.784. The Morgan fingerprint density at radius 3 is 2.25 bits per heavy atom. The lowest BCUT2D eigenvalue weighted by atomic mass is 9.91. The van der Waals surface area contributed by atoms with E-state index in [9.17, 15) is 9.90 Å². The van der Waals surface area contributed by atoms with E-state index in [2.05, 4.69) is 6.58 Å². The number of carbonyl (C=O) groups is 1. The van der Waals surface area contributed by atoms with Gasteiger partial charge in [0.25, 0.3) is 0 Å². The van der Waals surface area contributed by atoms with E-state index in [4.69, 9.17) is 0 Å². The zero-order valence-electron chi connectivity index (χ0n) is 11.2. The largest absolute Gasteiger partial charge is 0.392 e. The maximum absolute atomic E-state index is 12.0. The Hall–Kier alpha value is -0.830. The molecule has 0 aromatic heterocycles. The van der Waals surface area contributed by atoms with Crippen LogP contribution in [0.5, 0.6) is 0 Å². The first kappa shape index (κ1) is 15.2. The van der Waals surface area contributed by atoms with Gasteiger partial charge in [-0.2, -0.15) is 0 Å². The number of rotatable bonds is 5. The molecule has 0 aliphatic carbocycles. The second-order valence-electron chi connectivity index (χ2n) is 5.51. The van der Waals surface area contributed by atoms with Crippen LogP contribution in [0.4, 0.5) is 0 Å². The number of amides is 1. The predicted molar refractivity (Wildman–Crippen MR) is 66.9 cm³/mol. The van der Waals surface area contributed by atoms with E-state index in [1.807, 2.05) is 27.7 Å². The molecule has 0 bridgehead atoms. The van der Waals surface area contributed by atoms with Gasteiger partial charge >= 0.3 is 0 Å². The summed E-state index contributed by atoms with van der Waals surface area (Å²) in [5, 5.41) is 9.38. The third-order valence-electron chi connectivity index (χ3n) is 2.22. The van der Waals surface area contributed by atoms with Crippen molar-refractivity contribution in [1.29, 1.82) is 0 Å². The van der Waals surface area contributed by atoms with Crippen molar-refractivity contribution in [2.24, 2.45) is 5.41 Å². The zero-order chi connectivity index (χ0) is 12.9. The van der Waals surface area contributed by atoms with Gasteiger partial charge in [0.2, 0.25) is 5.91 Å². The van der Waals surface area contributed by atoms with Crippen molar-refractivity contribution in [2.75, 3.05) is 6.54 Å². The summed E-state index contributed by atoms with van der Waals surface area (Å²) in [6, 6.07) is 0. The van der Waals surface area contributed by atoms with Gasteiger partial charge < -0.3 is 10.0 Å². The molecule has 0 saturated heterocycles. The summed E-state index contributed by atoms with van der Waals surface area (Å²) in [5.41, 5.74) is 0.734. The molecule has 1 amide bonds. The fourth-order valence-electron chi connectivity index (χ4n) is 1.41. The van der Waals surface area contributed by atoms with Gasteiger partial charge in [0.15, 0.2) is 0 Å². The Morgan fingerprint density at radius 1 is 1.44 bits per heavy atom. The standard InChI is InChI=1S/C13H25NO2/c1-7-10(2)14(9-11(3)15)12(16)8-13(4,5)6/h11,15H,2,7-9H2,1,3-6H3. The van der Waals surface area contributed by atoms with Gasteiger partial charge in [0.1, 0.15) is 0 Å². The van der Waals surface area contributed by atoms with Crippen LogP contribution in [0.3, 0.4) is 0 Å².